The third-order valence-corrected chi connectivity index (χ3v) is 3.77. The normalized spacial score (nSPS) is 21.5. The summed E-state index contributed by atoms with van der Waals surface area (Å²) in [6.07, 6.45) is 1.39. The van der Waals surface area contributed by atoms with E-state index in [9.17, 15) is 8.78 Å². The molecule has 5 heteroatoms. The van der Waals surface area contributed by atoms with Crippen LogP contribution in [0, 0.1) is 11.3 Å². The van der Waals surface area contributed by atoms with Gasteiger partial charge in [0.05, 0.1) is 17.7 Å². The number of hydrogen-bond donors (Lipinski definition) is 0. The van der Waals surface area contributed by atoms with Crippen molar-refractivity contribution in [1.29, 1.82) is 5.26 Å². The molecule has 0 saturated carbocycles. The van der Waals surface area contributed by atoms with E-state index in [2.05, 4.69) is 0 Å². The Hall–Kier alpha value is -1.70. The molecule has 1 aromatic rings. The molecule has 1 aromatic carbocycles. The molecule has 0 saturated heterocycles. The lowest BCUT2D eigenvalue weighted by Gasteiger charge is -2.28. The van der Waals surface area contributed by atoms with E-state index in [4.69, 9.17) is 21.6 Å². The predicted molar refractivity (Wildman–Crippen MR) is 81.8 cm³/mol. The highest BCUT2D eigenvalue weighted by Gasteiger charge is 2.36. The van der Waals surface area contributed by atoms with Crippen LogP contribution < -0.4 is 0 Å². The Labute approximate surface area is 133 Å². The molecule has 22 heavy (non-hydrogen) atoms. The van der Waals surface area contributed by atoms with Gasteiger partial charge in [0.25, 0.3) is 5.92 Å². The summed E-state index contributed by atoms with van der Waals surface area (Å²) in [5.41, 5.74) is 0.712. The molecule has 1 unspecified atom stereocenters. The quantitative estimate of drug-likeness (QED) is 0.576. The van der Waals surface area contributed by atoms with E-state index in [0.717, 1.165) is 5.56 Å². The van der Waals surface area contributed by atoms with Gasteiger partial charge in [-0.2, -0.15) is 14.0 Å². The van der Waals surface area contributed by atoms with Crippen LogP contribution in [0.4, 0.5) is 8.78 Å². The Morgan fingerprint density at radius 1 is 1.36 bits per heavy atom. The first-order chi connectivity index (χ1) is 10.5. The molecule has 0 fully saturated rings. The summed E-state index contributed by atoms with van der Waals surface area (Å²) in [4.78, 5) is 0. The van der Waals surface area contributed by atoms with Crippen molar-refractivity contribution in [3.8, 4) is 6.07 Å². The molecule has 0 N–H and O–H groups in total. The van der Waals surface area contributed by atoms with Gasteiger partial charge in [-0.25, -0.2) is 0 Å². The van der Waals surface area contributed by atoms with E-state index in [1.54, 1.807) is 0 Å². The van der Waals surface area contributed by atoms with Crippen LogP contribution in [0.2, 0.25) is 0 Å². The average Bonchev–Trinajstić information content (AvgIpc) is 2.51. The Morgan fingerprint density at radius 2 is 2.05 bits per heavy atom. The highest BCUT2D eigenvalue weighted by Crippen LogP contribution is 2.35. The number of nitrogens with zero attached hydrogens (tertiary/aromatic N) is 1. The summed E-state index contributed by atoms with van der Waals surface area (Å²) in [6.45, 7) is 1.33. The van der Waals surface area contributed by atoms with Crippen LogP contribution in [0.15, 0.2) is 53.6 Å². The van der Waals surface area contributed by atoms with Crippen LogP contribution in [-0.4, -0.2) is 17.9 Å². The highest BCUT2D eigenvalue weighted by atomic mass is 35.5. The Balaban J connectivity index is 2.25. The third-order valence-electron chi connectivity index (χ3n) is 3.55. The molecule has 0 radical (unpaired) electrons. The highest BCUT2D eigenvalue weighted by molar-refractivity contribution is 6.17. The number of ether oxygens (including phenoxy) is 1. The van der Waals surface area contributed by atoms with E-state index in [0.29, 0.717) is 18.4 Å². The standard InChI is InChI=1S/C17H16ClF2NO/c1-12-9-16(14(11-21)10-17(12,19)20)22-15(7-8-18)13-5-3-2-4-6-13/h2-6,9-10,15-16H,7-8H2,1H3/t15-,16?/m1/s1. The first-order valence-electron chi connectivity index (χ1n) is 6.94. The first-order valence-corrected chi connectivity index (χ1v) is 7.47. The SMILES string of the molecule is CC1=CC(O[C@H](CCCl)c2ccccc2)C(C#N)=CC1(F)F. The molecule has 2 atom stereocenters. The van der Waals surface area contributed by atoms with Crippen LogP contribution in [0.3, 0.4) is 0 Å². The molecule has 0 aliphatic heterocycles. The monoisotopic (exact) mass is 323 g/mol. The first kappa shape index (κ1) is 16.7. The molecule has 2 nitrogen and oxygen atoms in total. The average molecular weight is 324 g/mol. The van der Waals surface area contributed by atoms with E-state index in [1.807, 2.05) is 36.4 Å². The number of alkyl halides is 3. The van der Waals surface area contributed by atoms with Gasteiger partial charge in [0, 0.05) is 12.0 Å². The molecular weight excluding hydrogens is 308 g/mol. The minimum atomic E-state index is -3.10. The fourth-order valence-electron chi connectivity index (χ4n) is 2.28. The van der Waals surface area contributed by atoms with Crippen molar-refractivity contribution < 1.29 is 13.5 Å². The number of hydrogen-bond acceptors (Lipinski definition) is 2. The molecular formula is C17H16ClF2NO. The molecule has 0 bridgehead atoms. The zero-order valence-corrected chi connectivity index (χ0v) is 12.9. The minimum absolute atomic E-state index is 0.0777. The van der Waals surface area contributed by atoms with E-state index >= 15 is 0 Å². The maximum Gasteiger partial charge on any atom is 0.288 e. The van der Waals surface area contributed by atoms with Crippen molar-refractivity contribution in [1.82, 2.24) is 0 Å². The van der Waals surface area contributed by atoms with Crippen molar-refractivity contribution in [3.05, 3.63) is 59.2 Å². The lowest BCUT2D eigenvalue weighted by molar-refractivity contribution is 0.0199. The molecule has 0 spiro atoms. The largest absolute Gasteiger partial charge is 0.361 e. The third kappa shape index (κ3) is 3.73. The van der Waals surface area contributed by atoms with Crippen LogP contribution in [0.5, 0.6) is 0 Å². The van der Waals surface area contributed by atoms with E-state index in [1.165, 1.54) is 13.0 Å². The fraction of sp³-hybridized carbons (Fsp3) is 0.353. The van der Waals surface area contributed by atoms with Gasteiger partial charge >= 0.3 is 0 Å². The lowest BCUT2D eigenvalue weighted by atomic mass is 9.95. The van der Waals surface area contributed by atoms with Crippen molar-refractivity contribution in [2.45, 2.75) is 31.5 Å². The molecule has 2 rings (SSSR count). The second-order valence-corrected chi connectivity index (χ2v) is 5.50. The maximum absolute atomic E-state index is 13.6. The van der Waals surface area contributed by atoms with Crippen LogP contribution in [0.1, 0.15) is 25.0 Å². The van der Waals surface area contributed by atoms with Gasteiger partial charge in [0.1, 0.15) is 6.10 Å². The fourth-order valence-corrected chi connectivity index (χ4v) is 2.48. The summed E-state index contributed by atoms with van der Waals surface area (Å²) in [5, 5.41) is 9.11. The summed E-state index contributed by atoms with van der Waals surface area (Å²) in [6, 6.07) is 11.2. The van der Waals surface area contributed by atoms with Crippen LogP contribution in [-0.2, 0) is 4.74 Å². The smallest absolute Gasteiger partial charge is 0.288 e. The molecule has 116 valence electrons. The maximum atomic E-state index is 13.6. The van der Waals surface area contributed by atoms with Gasteiger partial charge in [-0.05, 0) is 30.6 Å². The van der Waals surface area contributed by atoms with Gasteiger partial charge in [-0.15, -0.1) is 11.6 Å². The Bertz CT molecular complexity index is 619. The number of nitriles is 1. The number of rotatable bonds is 5. The van der Waals surface area contributed by atoms with Crippen molar-refractivity contribution in [2.24, 2.45) is 0 Å². The van der Waals surface area contributed by atoms with Gasteiger partial charge in [-0.1, -0.05) is 30.3 Å². The Kier molecular flexibility index (Phi) is 5.33. The van der Waals surface area contributed by atoms with Gasteiger partial charge in [-0.3, -0.25) is 0 Å². The number of benzene rings is 1. The summed E-state index contributed by atoms with van der Waals surface area (Å²) < 4.78 is 33.2. The van der Waals surface area contributed by atoms with E-state index in [-0.39, 0.29) is 17.3 Å². The topological polar surface area (TPSA) is 33.0 Å². The van der Waals surface area contributed by atoms with Gasteiger partial charge in [0.2, 0.25) is 0 Å². The second kappa shape index (κ2) is 7.04. The lowest BCUT2D eigenvalue weighted by Crippen LogP contribution is -2.27. The van der Waals surface area contributed by atoms with Crippen molar-refractivity contribution in [2.75, 3.05) is 5.88 Å². The van der Waals surface area contributed by atoms with Crippen LogP contribution >= 0.6 is 11.6 Å². The predicted octanol–water partition coefficient (Wildman–Crippen LogP) is 4.79. The molecule has 1 aliphatic rings. The molecule has 0 amide bonds. The molecule has 0 aromatic heterocycles. The second-order valence-electron chi connectivity index (χ2n) is 5.12. The van der Waals surface area contributed by atoms with Crippen molar-refractivity contribution in [3.63, 3.8) is 0 Å². The molecule has 0 heterocycles. The zero-order valence-electron chi connectivity index (χ0n) is 12.1. The zero-order chi connectivity index (χ0) is 16.2. The summed E-state index contributed by atoms with van der Waals surface area (Å²) >= 11 is 5.81. The van der Waals surface area contributed by atoms with E-state index < -0.39 is 12.0 Å². The van der Waals surface area contributed by atoms with Crippen LogP contribution in [0.25, 0.3) is 0 Å². The summed E-state index contributed by atoms with van der Waals surface area (Å²) in [7, 11) is 0. The Morgan fingerprint density at radius 3 is 2.64 bits per heavy atom. The number of allylic oxidation sites excluding steroid dienone is 2. The van der Waals surface area contributed by atoms with Gasteiger partial charge < -0.3 is 4.74 Å². The molecule has 1 aliphatic carbocycles. The summed E-state index contributed by atoms with van der Waals surface area (Å²) in [5.74, 6) is -2.73. The van der Waals surface area contributed by atoms with Gasteiger partial charge in [0.15, 0.2) is 0 Å². The van der Waals surface area contributed by atoms with Crippen molar-refractivity contribution >= 4 is 11.6 Å². The minimum Gasteiger partial charge on any atom is -0.361 e. The number of halogens is 3.